The van der Waals surface area contributed by atoms with Crippen LogP contribution in [0.3, 0.4) is 0 Å². The van der Waals surface area contributed by atoms with Crippen LogP contribution in [0.25, 0.3) is 32.6 Å². The maximum Gasteiger partial charge on any atom is 0.193 e. The number of ketones is 1. The summed E-state index contributed by atoms with van der Waals surface area (Å²) in [5, 5.41) is 16.8. The van der Waals surface area contributed by atoms with E-state index >= 15 is 0 Å². The number of hydrogen-bond donors (Lipinski definition) is 1. The first-order valence-corrected chi connectivity index (χ1v) is 11.5. The number of carbonyl (C=O) groups is 1. The number of ether oxygens (including phenoxy) is 1. The molecule has 0 aliphatic rings. The van der Waals surface area contributed by atoms with Crippen molar-refractivity contribution in [2.75, 3.05) is 13.2 Å². The van der Waals surface area contributed by atoms with E-state index in [0.717, 1.165) is 38.1 Å². The van der Waals surface area contributed by atoms with Gasteiger partial charge in [0.2, 0.25) is 0 Å². The van der Waals surface area contributed by atoms with Crippen molar-refractivity contribution in [3.63, 3.8) is 0 Å². The summed E-state index contributed by atoms with van der Waals surface area (Å²) in [6.07, 6.45) is 0. The second-order valence-electron chi connectivity index (χ2n) is 8.39. The molecule has 0 aliphatic heterocycles. The summed E-state index contributed by atoms with van der Waals surface area (Å²) in [5.41, 5.74) is 4.79. The first kappa shape index (κ1) is 21.9. The molecular weight excluding hydrogens is 424 g/mol. The Morgan fingerprint density at radius 3 is 2.18 bits per heavy atom. The highest BCUT2D eigenvalue weighted by Crippen LogP contribution is 2.32. The minimum Gasteiger partial charge on any atom is -0.411 e. The van der Waals surface area contributed by atoms with Gasteiger partial charge >= 0.3 is 0 Å². The fourth-order valence-electron chi connectivity index (χ4n) is 4.57. The molecule has 0 saturated heterocycles. The molecule has 0 radical (unpaired) electrons. The summed E-state index contributed by atoms with van der Waals surface area (Å²) < 4.78 is 7.83. The van der Waals surface area contributed by atoms with Crippen molar-refractivity contribution in [1.82, 2.24) is 4.57 Å². The van der Waals surface area contributed by atoms with Gasteiger partial charge in [0.1, 0.15) is 0 Å². The smallest absolute Gasteiger partial charge is 0.193 e. The van der Waals surface area contributed by atoms with Crippen LogP contribution in [0.5, 0.6) is 0 Å². The number of oxime groups is 1. The molecule has 170 valence electrons. The van der Waals surface area contributed by atoms with Crippen molar-refractivity contribution in [1.29, 1.82) is 0 Å². The van der Waals surface area contributed by atoms with Gasteiger partial charge in [0.05, 0.1) is 12.3 Å². The van der Waals surface area contributed by atoms with Crippen LogP contribution in [0.2, 0.25) is 0 Å². The topological polar surface area (TPSA) is 63.8 Å². The summed E-state index contributed by atoms with van der Waals surface area (Å²) in [7, 11) is 0. The quantitative estimate of drug-likeness (QED) is 0.102. The predicted octanol–water partition coefficient (Wildman–Crippen LogP) is 6.41. The fraction of sp³-hybridized carbons (Fsp3) is 0.172. The van der Waals surface area contributed by atoms with E-state index in [1.165, 1.54) is 0 Å². The van der Waals surface area contributed by atoms with Crippen molar-refractivity contribution < 1.29 is 14.7 Å². The number of fused-ring (bicyclic) bond motifs is 4. The second-order valence-corrected chi connectivity index (χ2v) is 8.39. The third-order valence-corrected chi connectivity index (χ3v) is 6.37. The van der Waals surface area contributed by atoms with E-state index in [-0.39, 0.29) is 5.78 Å². The number of benzene rings is 4. The highest BCUT2D eigenvalue weighted by Gasteiger charge is 2.16. The third kappa shape index (κ3) is 3.84. The molecule has 0 saturated carbocycles. The summed E-state index contributed by atoms with van der Waals surface area (Å²) in [6, 6.07) is 25.8. The molecule has 5 nitrogen and oxygen atoms in total. The SMILES string of the molecule is CCOCCn1c2ccc(C(=O)c3ccc4ccccc4c3)cc2c2cc(C(C)=NO)ccc21. The highest BCUT2D eigenvalue weighted by molar-refractivity contribution is 6.16. The first-order valence-electron chi connectivity index (χ1n) is 11.5. The lowest BCUT2D eigenvalue weighted by molar-refractivity contribution is 0.103. The van der Waals surface area contributed by atoms with Crippen LogP contribution >= 0.6 is 0 Å². The van der Waals surface area contributed by atoms with Gasteiger partial charge in [0, 0.05) is 46.1 Å². The van der Waals surface area contributed by atoms with Crippen molar-refractivity contribution in [2.24, 2.45) is 5.16 Å². The van der Waals surface area contributed by atoms with E-state index in [1.807, 2.05) is 85.8 Å². The van der Waals surface area contributed by atoms with Crippen LogP contribution in [0.1, 0.15) is 35.3 Å². The molecule has 5 heteroatoms. The van der Waals surface area contributed by atoms with Gasteiger partial charge in [-0.1, -0.05) is 47.6 Å². The number of nitrogens with zero attached hydrogens (tertiary/aromatic N) is 2. The number of rotatable bonds is 7. The number of carbonyl (C=O) groups excluding carboxylic acids is 1. The van der Waals surface area contributed by atoms with E-state index < -0.39 is 0 Å². The Bertz CT molecular complexity index is 1560. The average Bonchev–Trinajstić information content (AvgIpc) is 3.19. The van der Waals surface area contributed by atoms with E-state index in [4.69, 9.17) is 4.74 Å². The van der Waals surface area contributed by atoms with Gasteiger partial charge in [0.15, 0.2) is 5.78 Å². The van der Waals surface area contributed by atoms with Crippen LogP contribution in [0.15, 0.2) is 84.0 Å². The van der Waals surface area contributed by atoms with Gasteiger partial charge < -0.3 is 14.5 Å². The largest absolute Gasteiger partial charge is 0.411 e. The Morgan fingerprint density at radius 1 is 0.853 bits per heavy atom. The molecule has 1 aromatic heterocycles. The lowest BCUT2D eigenvalue weighted by Crippen LogP contribution is -2.06. The third-order valence-electron chi connectivity index (χ3n) is 6.37. The normalized spacial score (nSPS) is 12.1. The molecule has 5 rings (SSSR count). The predicted molar refractivity (Wildman–Crippen MR) is 137 cm³/mol. The van der Waals surface area contributed by atoms with Gasteiger partial charge in [-0.25, -0.2) is 0 Å². The van der Waals surface area contributed by atoms with E-state index in [0.29, 0.717) is 36.6 Å². The zero-order valence-corrected chi connectivity index (χ0v) is 19.3. The Balaban J connectivity index is 1.65. The van der Waals surface area contributed by atoms with Crippen LogP contribution < -0.4 is 0 Å². The monoisotopic (exact) mass is 450 g/mol. The van der Waals surface area contributed by atoms with Crippen LogP contribution in [0, 0.1) is 0 Å². The average molecular weight is 451 g/mol. The Kier molecular flexibility index (Phi) is 5.86. The van der Waals surface area contributed by atoms with Crippen LogP contribution in [-0.2, 0) is 11.3 Å². The van der Waals surface area contributed by atoms with E-state index in [2.05, 4.69) is 9.72 Å². The maximum absolute atomic E-state index is 13.4. The van der Waals surface area contributed by atoms with Gasteiger partial charge in [-0.2, -0.15) is 0 Å². The van der Waals surface area contributed by atoms with E-state index in [1.54, 1.807) is 6.92 Å². The molecule has 34 heavy (non-hydrogen) atoms. The molecule has 1 N–H and O–H groups in total. The Hall–Kier alpha value is -3.96. The molecule has 0 spiro atoms. The molecule has 0 atom stereocenters. The van der Waals surface area contributed by atoms with Crippen molar-refractivity contribution >= 4 is 44.1 Å². The molecule has 4 aromatic carbocycles. The standard InChI is InChI=1S/C29H26N2O3/c1-3-34-15-14-31-27-12-10-21(19(2)30-33)17-25(27)26-18-24(11-13-28(26)31)29(32)23-9-8-20-6-4-5-7-22(20)16-23/h4-13,16-18,33H,3,14-15H2,1-2H3. The van der Waals surface area contributed by atoms with E-state index in [9.17, 15) is 10.0 Å². The highest BCUT2D eigenvalue weighted by atomic mass is 16.5. The Labute approximate surface area is 197 Å². The van der Waals surface area contributed by atoms with Crippen LogP contribution in [-0.4, -0.2) is 34.5 Å². The minimum atomic E-state index is -0.00729. The van der Waals surface area contributed by atoms with Gasteiger partial charge in [0.25, 0.3) is 0 Å². The first-order chi connectivity index (χ1) is 16.6. The molecule has 0 bridgehead atoms. The van der Waals surface area contributed by atoms with Gasteiger partial charge in [-0.05, 0) is 66.6 Å². The van der Waals surface area contributed by atoms with Gasteiger partial charge in [-0.15, -0.1) is 0 Å². The molecular formula is C29H26N2O3. The molecule has 1 heterocycles. The number of aromatic nitrogens is 1. The molecule has 0 aliphatic carbocycles. The van der Waals surface area contributed by atoms with Crippen molar-refractivity contribution in [3.8, 4) is 0 Å². The lowest BCUT2D eigenvalue weighted by Gasteiger charge is -2.08. The molecule has 0 fully saturated rings. The van der Waals surface area contributed by atoms with Crippen LogP contribution in [0.4, 0.5) is 0 Å². The van der Waals surface area contributed by atoms with Gasteiger partial charge in [-0.3, -0.25) is 4.79 Å². The summed E-state index contributed by atoms with van der Waals surface area (Å²) in [6.45, 7) is 5.73. The fourth-order valence-corrected chi connectivity index (χ4v) is 4.57. The van der Waals surface area contributed by atoms with Crippen molar-refractivity contribution in [2.45, 2.75) is 20.4 Å². The second kappa shape index (κ2) is 9.12. The summed E-state index contributed by atoms with van der Waals surface area (Å²) in [5.74, 6) is -0.00729. The lowest BCUT2D eigenvalue weighted by atomic mass is 9.98. The summed E-state index contributed by atoms with van der Waals surface area (Å²) in [4.78, 5) is 13.4. The number of hydrogen-bond acceptors (Lipinski definition) is 4. The molecule has 0 amide bonds. The minimum absolute atomic E-state index is 0.00729. The zero-order valence-electron chi connectivity index (χ0n) is 19.3. The van der Waals surface area contributed by atoms with Crippen molar-refractivity contribution in [3.05, 3.63) is 95.6 Å². The molecule has 0 unspecified atom stereocenters. The Morgan fingerprint density at radius 2 is 1.47 bits per heavy atom. The molecule has 5 aromatic rings. The zero-order chi connectivity index (χ0) is 23.7. The maximum atomic E-state index is 13.4. The summed E-state index contributed by atoms with van der Waals surface area (Å²) >= 11 is 0.